The van der Waals surface area contributed by atoms with Gasteiger partial charge in [0.05, 0.1) is 11.8 Å². The van der Waals surface area contributed by atoms with Crippen molar-refractivity contribution in [3.05, 3.63) is 18.0 Å². The summed E-state index contributed by atoms with van der Waals surface area (Å²) >= 11 is 0. The van der Waals surface area contributed by atoms with Gasteiger partial charge in [0.25, 0.3) is 0 Å². The highest BCUT2D eigenvalue weighted by atomic mass is 16.5. The predicted octanol–water partition coefficient (Wildman–Crippen LogP) is 2.55. The van der Waals surface area contributed by atoms with Gasteiger partial charge >= 0.3 is 0 Å². The summed E-state index contributed by atoms with van der Waals surface area (Å²) in [5, 5.41) is 8.08. The lowest BCUT2D eigenvalue weighted by Crippen LogP contribution is -2.31. The summed E-state index contributed by atoms with van der Waals surface area (Å²) in [7, 11) is 2.03. The number of nitrogens with zero attached hydrogens (tertiary/aromatic N) is 2. The van der Waals surface area contributed by atoms with E-state index >= 15 is 0 Å². The summed E-state index contributed by atoms with van der Waals surface area (Å²) in [6.45, 7) is 5.34. The largest absolute Gasteiger partial charge is 0.378 e. The average Bonchev–Trinajstić information content (AvgIpc) is 3.08. The maximum Gasteiger partial charge on any atom is 0.0640 e. The minimum Gasteiger partial charge on any atom is -0.378 e. The number of ether oxygens (including phenoxy) is 1. The molecule has 108 valence electrons. The third kappa shape index (κ3) is 4.05. The highest BCUT2D eigenvalue weighted by molar-refractivity contribution is 5.02. The number of nitrogens with one attached hydrogen (secondary N) is 1. The van der Waals surface area contributed by atoms with Crippen LogP contribution in [-0.2, 0) is 11.2 Å². The molecular weight excluding hydrogens is 238 g/mol. The van der Waals surface area contributed by atoms with Crippen molar-refractivity contribution < 1.29 is 4.74 Å². The number of aromatic nitrogens is 2. The SMILES string of the molecule is CCC(C)n1ccc(CC(CC2CCCO2)NC)n1. The van der Waals surface area contributed by atoms with Crippen LogP contribution in [0.4, 0.5) is 0 Å². The number of hydrogen-bond donors (Lipinski definition) is 1. The molecule has 3 unspecified atom stereocenters. The zero-order valence-electron chi connectivity index (χ0n) is 12.4. The molecule has 2 heterocycles. The molecular formula is C15H27N3O. The Hall–Kier alpha value is -0.870. The molecule has 1 aliphatic rings. The molecule has 1 aromatic rings. The highest BCUT2D eigenvalue weighted by Crippen LogP contribution is 2.18. The van der Waals surface area contributed by atoms with Crippen molar-refractivity contribution in [2.75, 3.05) is 13.7 Å². The number of rotatable bonds is 7. The Kier molecular flexibility index (Phi) is 5.40. The molecule has 2 rings (SSSR count). The fourth-order valence-corrected chi connectivity index (χ4v) is 2.62. The van der Waals surface area contributed by atoms with E-state index in [-0.39, 0.29) is 0 Å². The molecule has 19 heavy (non-hydrogen) atoms. The second-order valence-electron chi connectivity index (χ2n) is 5.60. The van der Waals surface area contributed by atoms with E-state index in [9.17, 15) is 0 Å². The van der Waals surface area contributed by atoms with Crippen molar-refractivity contribution in [2.45, 2.75) is 64.1 Å². The second kappa shape index (κ2) is 7.06. The second-order valence-corrected chi connectivity index (χ2v) is 5.60. The van der Waals surface area contributed by atoms with Gasteiger partial charge in [0, 0.05) is 31.3 Å². The molecule has 0 aromatic carbocycles. The Labute approximate surface area is 116 Å². The van der Waals surface area contributed by atoms with Crippen LogP contribution in [0.25, 0.3) is 0 Å². The summed E-state index contributed by atoms with van der Waals surface area (Å²) in [6, 6.07) is 3.09. The molecule has 0 saturated carbocycles. The van der Waals surface area contributed by atoms with Gasteiger partial charge in [-0.25, -0.2) is 0 Å². The maximum atomic E-state index is 5.72. The van der Waals surface area contributed by atoms with Gasteiger partial charge in [0.1, 0.15) is 0 Å². The summed E-state index contributed by atoms with van der Waals surface area (Å²) in [4.78, 5) is 0. The summed E-state index contributed by atoms with van der Waals surface area (Å²) in [5.74, 6) is 0. The van der Waals surface area contributed by atoms with Gasteiger partial charge in [-0.15, -0.1) is 0 Å². The van der Waals surface area contributed by atoms with Gasteiger partial charge in [-0.1, -0.05) is 6.92 Å². The van der Waals surface area contributed by atoms with Gasteiger partial charge < -0.3 is 10.1 Å². The van der Waals surface area contributed by atoms with Crippen molar-refractivity contribution >= 4 is 0 Å². The zero-order valence-corrected chi connectivity index (χ0v) is 12.4. The molecule has 1 aliphatic heterocycles. The molecule has 1 aromatic heterocycles. The Morgan fingerprint density at radius 3 is 3.05 bits per heavy atom. The van der Waals surface area contributed by atoms with Gasteiger partial charge in [-0.05, 0) is 45.7 Å². The van der Waals surface area contributed by atoms with Crippen LogP contribution < -0.4 is 5.32 Å². The number of hydrogen-bond acceptors (Lipinski definition) is 3. The smallest absolute Gasteiger partial charge is 0.0640 e. The summed E-state index contributed by atoms with van der Waals surface area (Å²) < 4.78 is 7.80. The third-order valence-corrected chi connectivity index (χ3v) is 4.14. The van der Waals surface area contributed by atoms with Crippen LogP contribution in [0.15, 0.2) is 12.3 Å². The van der Waals surface area contributed by atoms with E-state index in [1.165, 1.54) is 18.5 Å². The van der Waals surface area contributed by atoms with Crippen LogP contribution in [0.2, 0.25) is 0 Å². The Balaban J connectivity index is 1.88. The fourth-order valence-electron chi connectivity index (χ4n) is 2.62. The van der Waals surface area contributed by atoms with Gasteiger partial charge in [-0.2, -0.15) is 5.10 Å². The van der Waals surface area contributed by atoms with Crippen LogP contribution in [0.1, 0.15) is 51.3 Å². The van der Waals surface area contributed by atoms with Crippen molar-refractivity contribution in [1.29, 1.82) is 0 Å². The first-order valence-electron chi connectivity index (χ1n) is 7.55. The van der Waals surface area contributed by atoms with Crippen molar-refractivity contribution in [2.24, 2.45) is 0 Å². The highest BCUT2D eigenvalue weighted by Gasteiger charge is 2.20. The lowest BCUT2D eigenvalue weighted by Gasteiger charge is -2.19. The van der Waals surface area contributed by atoms with Crippen molar-refractivity contribution in [3.8, 4) is 0 Å². The van der Waals surface area contributed by atoms with Crippen LogP contribution in [-0.4, -0.2) is 35.6 Å². The fraction of sp³-hybridized carbons (Fsp3) is 0.800. The number of likely N-dealkylation sites (N-methyl/N-ethyl adjacent to an activating group) is 1. The van der Waals surface area contributed by atoms with Gasteiger partial charge in [0.2, 0.25) is 0 Å². The molecule has 0 spiro atoms. The summed E-state index contributed by atoms with van der Waals surface area (Å²) in [6.07, 6.45) is 8.15. The molecule has 0 aliphatic carbocycles. The molecule has 0 amide bonds. The molecule has 0 bridgehead atoms. The first-order chi connectivity index (χ1) is 9.22. The van der Waals surface area contributed by atoms with Crippen molar-refractivity contribution in [3.63, 3.8) is 0 Å². The van der Waals surface area contributed by atoms with Crippen LogP contribution in [0.5, 0.6) is 0 Å². The lowest BCUT2D eigenvalue weighted by atomic mass is 10.0. The summed E-state index contributed by atoms with van der Waals surface area (Å²) in [5.41, 5.74) is 1.18. The monoisotopic (exact) mass is 265 g/mol. The van der Waals surface area contributed by atoms with Crippen LogP contribution >= 0.6 is 0 Å². The molecule has 1 N–H and O–H groups in total. The molecule has 1 fully saturated rings. The minimum atomic E-state index is 0.439. The lowest BCUT2D eigenvalue weighted by molar-refractivity contribution is 0.0953. The van der Waals surface area contributed by atoms with Crippen LogP contribution in [0.3, 0.4) is 0 Å². The van der Waals surface area contributed by atoms with E-state index in [0.29, 0.717) is 18.2 Å². The maximum absolute atomic E-state index is 5.72. The Morgan fingerprint density at radius 1 is 1.58 bits per heavy atom. The molecule has 0 radical (unpaired) electrons. The predicted molar refractivity (Wildman–Crippen MR) is 77.4 cm³/mol. The van der Waals surface area contributed by atoms with E-state index in [1.54, 1.807) is 0 Å². The molecule has 4 nitrogen and oxygen atoms in total. The quantitative estimate of drug-likeness (QED) is 0.823. The first kappa shape index (κ1) is 14.5. The van der Waals surface area contributed by atoms with E-state index in [2.05, 4.69) is 41.2 Å². The topological polar surface area (TPSA) is 39.1 Å². The normalized spacial score (nSPS) is 22.6. The average molecular weight is 265 g/mol. The molecule has 1 saturated heterocycles. The molecule has 4 heteroatoms. The third-order valence-electron chi connectivity index (χ3n) is 4.14. The van der Waals surface area contributed by atoms with Crippen LogP contribution in [0, 0.1) is 0 Å². The minimum absolute atomic E-state index is 0.439. The first-order valence-corrected chi connectivity index (χ1v) is 7.55. The zero-order chi connectivity index (χ0) is 13.7. The van der Waals surface area contributed by atoms with E-state index < -0.39 is 0 Å². The standard InChI is InChI=1S/C15H27N3O/c1-4-12(2)18-8-7-13(17-18)10-14(16-3)11-15-6-5-9-19-15/h7-8,12,14-16H,4-6,9-11H2,1-3H3. The molecule has 3 atom stereocenters. The van der Waals surface area contributed by atoms with E-state index in [1.807, 2.05) is 7.05 Å². The van der Waals surface area contributed by atoms with Gasteiger partial charge in [0.15, 0.2) is 0 Å². The van der Waals surface area contributed by atoms with E-state index in [0.717, 1.165) is 25.9 Å². The Morgan fingerprint density at radius 2 is 2.42 bits per heavy atom. The van der Waals surface area contributed by atoms with Crippen molar-refractivity contribution in [1.82, 2.24) is 15.1 Å². The van der Waals surface area contributed by atoms with E-state index in [4.69, 9.17) is 4.74 Å². The van der Waals surface area contributed by atoms with Gasteiger partial charge in [-0.3, -0.25) is 4.68 Å². The Bertz CT molecular complexity index is 371.